The Kier molecular flexibility index (Phi) is 12.9. The first-order valence-corrected chi connectivity index (χ1v) is 16.6. The van der Waals surface area contributed by atoms with E-state index >= 15 is 4.39 Å². The third kappa shape index (κ3) is 9.31. The minimum absolute atomic E-state index is 0. The Morgan fingerprint density at radius 1 is 1.08 bits per heavy atom. The van der Waals surface area contributed by atoms with E-state index in [4.69, 9.17) is 14.7 Å². The number of aromatic nitrogens is 4. The number of benzene rings is 3. The van der Waals surface area contributed by atoms with Crippen LogP contribution in [0.4, 0.5) is 22.0 Å². The highest BCUT2D eigenvalue weighted by molar-refractivity contribution is 7.10. The number of alkyl halides is 3. The summed E-state index contributed by atoms with van der Waals surface area (Å²) in [6.07, 6.45) is -2.63. The predicted octanol–water partition coefficient (Wildman–Crippen LogP) is 3.04. The second-order valence-electron chi connectivity index (χ2n) is 12.1. The van der Waals surface area contributed by atoms with Gasteiger partial charge in [-0.05, 0) is 74.0 Å². The number of thiazole rings is 1. The first-order chi connectivity index (χ1) is 24.6. The van der Waals surface area contributed by atoms with Crippen LogP contribution in [-0.4, -0.2) is 46.5 Å². The third-order valence-corrected chi connectivity index (χ3v) is 9.27. The van der Waals surface area contributed by atoms with Crippen LogP contribution in [0.15, 0.2) is 72.6 Å². The van der Waals surface area contributed by atoms with Crippen LogP contribution in [-0.2, 0) is 33.0 Å². The second kappa shape index (κ2) is 16.7. The number of nitrogens with one attached hydrogen (secondary N) is 1. The molecule has 0 fully saturated rings. The van der Waals surface area contributed by atoms with Gasteiger partial charge in [-0.1, -0.05) is 19.1 Å². The predicted molar refractivity (Wildman–Crippen MR) is 178 cm³/mol. The van der Waals surface area contributed by atoms with Crippen molar-refractivity contribution in [3.63, 3.8) is 0 Å². The fourth-order valence-electron chi connectivity index (χ4n) is 5.79. The van der Waals surface area contributed by atoms with Crippen molar-refractivity contribution in [2.75, 3.05) is 13.6 Å². The summed E-state index contributed by atoms with van der Waals surface area (Å²) in [6.45, 7) is 4.61. The van der Waals surface area contributed by atoms with Crippen LogP contribution < -0.4 is 31.6 Å². The second-order valence-corrected chi connectivity index (χ2v) is 13.0. The molecule has 1 N–H and O–H groups in total. The molecule has 17 heteroatoms. The number of esters is 2. The van der Waals surface area contributed by atoms with Gasteiger partial charge in [0.2, 0.25) is 6.33 Å². The monoisotopic (exact) mass is 818 g/mol. The lowest BCUT2D eigenvalue weighted by atomic mass is 9.81. The highest BCUT2D eigenvalue weighted by Gasteiger charge is 2.53. The zero-order chi connectivity index (χ0) is 37.8. The number of rotatable bonds is 12. The summed E-state index contributed by atoms with van der Waals surface area (Å²) < 4.78 is 85.1. The molecule has 0 saturated carbocycles. The van der Waals surface area contributed by atoms with Gasteiger partial charge < -0.3 is 31.8 Å². The molecule has 3 aromatic carbocycles. The summed E-state index contributed by atoms with van der Waals surface area (Å²) in [5, 5.41) is 18.0. The lowest BCUT2D eigenvalue weighted by molar-refractivity contribution is -0.689. The normalized spacial score (nSPS) is 13.0. The van der Waals surface area contributed by atoms with E-state index in [1.165, 1.54) is 24.3 Å². The van der Waals surface area contributed by atoms with Crippen molar-refractivity contribution >= 4 is 23.3 Å². The molecule has 5 rings (SSSR count). The first kappa shape index (κ1) is 40.7. The number of nitrogens with zero attached hydrogens (tertiary/aromatic N) is 5. The number of carbonyl (C=O) groups excluding carboxylic acids is 2. The van der Waals surface area contributed by atoms with E-state index in [1.54, 1.807) is 67.2 Å². The first-order valence-electron chi connectivity index (χ1n) is 15.7. The topological polar surface area (TPSA) is 123 Å². The van der Waals surface area contributed by atoms with Crippen LogP contribution in [0.2, 0.25) is 0 Å². The maximum Gasteiger partial charge on any atom is 0.490 e. The minimum Gasteiger partial charge on any atom is -1.00 e. The van der Waals surface area contributed by atoms with Gasteiger partial charge in [0.05, 0.1) is 36.3 Å². The molecular weight excluding hydrogens is 787 g/mol. The van der Waals surface area contributed by atoms with E-state index in [0.29, 0.717) is 39.8 Å². The van der Waals surface area contributed by atoms with Gasteiger partial charge in [-0.15, -0.1) is 16.0 Å². The van der Waals surface area contributed by atoms with Gasteiger partial charge in [0.25, 0.3) is 6.33 Å². The van der Waals surface area contributed by atoms with E-state index in [1.807, 2.05) is 6.07 Å². The molecule has 0 aliphatic carbocycles. The lowest BCUT2D eigenvalue weighted by Crippen LogP contribution is -3.00. The Labute approximate surface area is 315 Å². The molecule has 10 nitrogen and oxygen atoms in total. The molecular formula is C36H32BrF5N6O4S. The maximum atomic E-state index is 15.7. The molecule has 0 bridgehead atoms. The number of nitriles is 1. The van der Waals surface area contributed by atoms with Crippen LogP contribution >= 0.6 is 11.3 Å². The minimum atomic E-state index is -5.47. The highest BCUT2D eigenvalue weighted by atomic mass is 79.9. The van der Waals surface area contributed by atoms with Gasteiger partial charge in [-0.3, -0.25) is 4.79 Å². The Morgan fingerprint density at radius 3 is 2.36 bits per heavy atom. The van der Waals surface area contributed by atoms with Crippen LogP contribution in [0.1, 0.15) is 45.7 Å². The van der Waals surface area contributed by atoms with Crippen molar-refractivity contribution in [1.82, 2.24) is 20.1 Å². The average Bonchev–Trinajstić information content (AvgIpc) is 3.75. The SMILES string of the molecule is CNCC(=O)Oc1c(C)cc(C[n+]2cnn(C[C@](OC(=O)C(F)(F)F)(c3ccc(F)cc3F)[C@@H](C)c3nc(-c4ccc(C#N)cc4)cs3)c2)cc1C.[Br-]. The summed E-state index contributed by atoms with van der Waals surface area (Å²) >= 11 is 1.04. The van der Waals surface area contributed by atoms with E-state index in [-0.39, 0.29) is 35.1 Å². The van der Waals surface area contributed by atoms with Crippen LogP contribution in [0.25, 0.3) is 11.3 Å². The number of aryl methyl sites for hydroxylation is 2. The number of halogens is 6. The molecule has 0 aliphatic heterocycles. The molecule has 0 amide bonds. The Hall–Kier alpha value is -5.05. The van der Waals surface area contributed by atoms with E-state index in [0.717, 1.165) is 29.0 Å². The summed E-state index contributed by atoms with van der Waals surface area (Å²) in [5.41, 5.74) is 0.607. The van der Waals surface area contributed by atoms with Crippen molar-refractivity contribution in [2.24, 2.45) is 0 Å². The lowest BCUT2D eigenvalue weighted by Gasteiger charge is -2.36. The van der Waals surface area contributed by atoms with Crippen molar-refractivity contribution in [3.8, 4) is 23.1 Å². The molecule has 0 saturated heterocycles. The average molecular weight is 820 g/mol. The molecule has 0 radical (unpaired) electrons. The standard InChI is InChI=1S/C36H32F5N6O4S.BrH/c1-21-11-25(12-22(2)32(21)50-31(48)15-43-4)16-46-19-44-47(20-46)18-35(51-34(49)36(39,40)41,28-10-9-27(37)13-29(28)38)23(3)33-45-30(17-52-33)26-7-5-24(14-42)6-8-26;/h5-13,17,19-20,23,43H,15-16,18H2,1-4H3;1H/q+1;/p-1/t23-,35+;/m0./s1. The number of ether oxygens (including phenoxy) is 2. The number of hydrogen-bond donors (Lipinski definition) is 1. The summed E-state index contributed by atoms with van der Waals surface area (Å²) in [7, 11) is 1.62. The largest absolute Gasteiger partial charge is 1.00 e. The van der Waals surface area contributed by atoms with Gasteiger partial charge >= 0.3 is 18.1 Å². The smallest absolute Gasteiger partial charge is 0.490 e. The fraction of sp³-hybridized carbons (Fsp3) is 0.278. The number of carbonyl (C=O) groups is 2. The van der Waals surface area contributed by atoms with Crippen molar-refractivity contribution < 1.29 is 62.6 Å². The molecule has 278 valence electrons. The summed E-state index contributed by atoms with van der Waals surface area (Å²) in [4.78, 5) is 29.3. The third-order valence-electron chi connectivity index (χ3n) is 8.24. The Balaban J connectivity index is 0.00000627. The molecule has 2 aromatic heterocycles. The van der Waals surface area contributed by atoms with Gasteiger partial charge in [-0.25, -0.2) is 23.1 Å². The van der Waals surface area contributed by atoms with Gasteiger partial charge in [0.15, 0.2) is 5.60 Å². The highest BCUT2D eigenvalue weighted by Crippen LogP contribution is 2.45. The van der Waals surface area contributed by atoms with Crippen molar-refractivity contribution in [1.29, 1.82) is 5.26 Å². The van der Waals surface area contributed by atoms with Gasteiger partial charge in [0.1, 0.15) is 28.9 Å². The molecule has 0 unspecified atom stereocenters. The van der Waals surface area contributed by atoms with E-state index < -0.39 is 53.4 Å². The Morgan fingerprint density at radius 2 is 1.75 bits per heavy atom. The zero-order valence-electron chi connectivity index (χ0n) is 28.7. The Bertz CT molecular complexity index is 2130. The van der Waals surface area contributed by atoms with Gasteiger partial charge in [-0.2, -0.15) is 18.4 Å². The number of likely N-dealkylation sites (N-methyl/N-ethyl adjacent to an activating group) is 1. The van der Waals surface area contributed by atoms with Crippen molar-refractivity contribution in [2.45, 2.75) is 51.6 Å². The maximum absolute atomic E-state index is 15.7. The zero-order valence-corrected chi connectivity index (χ0v) is 31.1. The van der Waals surface area contributed by atoms with Crippen LogP contribution in [0.5, 0.6) is 5.75 Å². The van der Waals surface area contributed by atoms with E-state index in [2.05, 4.69) is 15.4 Å². The van der Waals surface area contributed by atoms with Crippen molar-refractivity contribution in [3.05, 3.63) is 117 Å². The molecule has 2 atom stereocenters. The van der Waals surface area contributed by atoms with E-state index in [9.17, 15) is 27.2 Å². The summed E-state index contributed by atoms with van der Waals surface area (Å²) in [5.74, 6) is -6.10. The molecule has 53 heavy (non-hydrogen) atoms. The molecule has 2 heterocycles. The molecule has 0 aliphatic rings. The number of hydrogen-bond acceptors (Lipinski definition) is 9. The molecule has 0 spiro atoms. The van der Waals surface area contributed by atoms with Crippen LogP contribution in [0, 0.1) is 36.8 Å². The molecule has 5 aromatic rings. The quantitative estimate of drug-likeness (QED) is 0.0884. The van der Waals surface area contributed by atoms with Gasteiger partial charge in [0, 0.05) is 27.7 Å². The van der Waals surface area contributed by atoms with Crippen LogP contribution in [0.3, 0.4) is 0 Å². The summed E-state index contributed by atoms with van der Waals surface area (Å²) in [6, 6.07) is 14.4. The fourth-order valence-corrected chi connectivity index (χ4v) is 6.75.